The van der Waals surface area contributed by atoms with E-state index in [0.717, 1.165) is 10.5 Å². The molecule has 0 fully saturated rings. The standard InChI is InChI=1S/C14H12N4O2S/c1-18-12(19)9-10(13(18)20)16-14(17-11(9)15)21-7-8-5-3-2-4-6-8/h2-6H,7H2,1H3,(H2,15,16,17). The number of thioether (sulfide) groups is 1. The van der Waals surface area contributed by atoms with Crippen LogP contribution in [0.4, 0.5) is 5.82 Å². The molecular weight excluding hydrogens is 288 g/mol. The van der Waals surface area contributed by atoms with Crippen LogP contribution in [0.2, 0.25) is 0 Å². The van der Waals surface area contributed by atoms with Crippen LogP contribution in [0.5, 0.6) is 0 Å². The topological polar surface area (TPSA) is 89.2 Å². The number of aromatic nitrogens is 2. The fourth-order valence-electron chi connectivity index (χ4n) is 2.03. The minimum Gasteiger partial charge on any atom is -0.383 e. The molecular formula is C14H12N4O2S. The number of hydrogen-bond donors (Lipinski definition) is 1. The highest BCUT2D eigenvalue weighted by Gasteiger charge is 2.37. The maximum atomic E-state index is 11.9. The number of benzene rings is 1. The molecule has 1 aromatic carbocycles. The van der Waals surface area contributed by atoms with E-state index in [1.807, 2.05) is 30.3 Å². The normalized spacial score (nSPS) is 13.7. The van der Waals surface area contributed by atoms with E-state index in [2.05, 4.69) is 9.97 Å². The highest BCUT2D eigenvalue weighted by Crippen LogP contribution is 2.28. The first-order valence-electron chi connectivity index (χ1n) is 6.24. The summed E-state index contributed by atoms with van der Waals surface area (Å²) in [6.45, 7) is 0. The van der Waals surface area contributed by atoms with E-state index < -0.39 is 11.8 Å². The summed E-state index contributed by atoms with van der Waals surface area (Å²) in [7, 11) is 1.41. The van der Waals surface area contributed by atoms with Crippen molar-refractivity contribution in [1.82, 2.24) is 14.9 Å². The van der Waals surface area contributed by atoms with Gasteiger partial charge in [0.25, 0.3) is 11.8 Å². The van der Waals surface area contributed by atoms with E-state index >= 15 is 0 Å². The van der Waals surface area contributed by atoms with Crippen molar-refractivity contribution in [3.8, 4) is 0 Å². The molecule has 6 nitrogen and oxygen atoms in total. The van der Waals surface area contributed by atoms with Gasteiger partial charge >= 0.3 is 0 Å². The molecule has 2 aromatic rings. The summed E-state index contributed by atoms with van der Waals surface area (Å²) < 4.78 is 0. The average Bonchev–Trinajstić information content (AvgIpc) is 2.71. The quantitative estimate of drug-likeness (QED) is 0.526. The minimum absolute atomic E-state index is 0.0539. The molecule has 0 radical (unpaired) electrons. The smallest absolute Gasteiger partial charge is 0.280 e. The van der Waals surface area contributed by atoms with E-state index in [-0.39, 0.29) is 17.1 Å². The van der Waals surface area contributed by atoms with Gasteiger partial charge in [-0.15, -0.1) is 0 Å². The van der Waals surface area contributed by atoms with Crippen molar-refractivity contribution in [2.24, 2.45) is 0 Å². The highest BCUT2D eigenvalue weighted by atomic mass is 32.2. The number of anilines is 1. The second-order valence-electron chi connectivity index (χ2n) is 4.56. The lowest BCUT2D eigenvalue weighted by atomic mass is 10.2. The van der Waals surface area contributed by atoms with Crippen LogP contribution in [0.15, 0.2) is 35.5 Å². The van der Waals surface area contributed by atoms with Gasteiger partial charge in [-0.1, -0.05) is 42.1 Å². The first-order chi connectivity index (χ1) is 10.1. The number of nitrogens with two attached hydrogens (primary N) is 1. The minimum atomic E-state index is -0.452. The molecule has 0 bridgehead atoms. The Morgan fingerprint density at radius 2 is 1.86 bits per heavy atom. The number of nitrogens with zero attached hydrogens (tertiary/aromatic N) is 3. The Balaban J connectivity index is 1.88. The van der Waals surface area contributed by atoms with Crippen molar-refractivity contribution >= 4 is 29.4 Å². The van der Waals surface area contributed by atoms with Crippen molar-refractivity contribution in [1.29, 1.82) is 0 Å². The summed E-state index contributed by atoms with van der Waals surface area (Å²) in [5.41, 5.74) is 7.10. The molecule has 1 aliphatic heterocycles. The van der Waals surface area contributed by atoms with Crippen LogP contribution in [0.3, 0.4) is 0 Å². The fourth-order valence-corrected chi connectivity index (χ4v) is 2.83. The Kier molecular flexibility index (Phi) is 3.34. The predicted octanol–water partition coefficient (Wildman–Crippen LogP) is 1.58. The average molecular weight is 300 g/mol. The van der Waals surface area contributed by atoms with Gasteiger partial charge in [-0.3, -0.25) is 14.5 Å². The number of rotatable bonds is 3. The predicted molar refractivity (Wildman–Crippen MR) is 78.9 cm³/mol. The van der Waals surface area contributed by atoms with E-state index in [1.54, 1.807) is 0 Å². The van der Waals surface area contributed by atoms with Crippen LogP contribution in [0.1, 0.15) is 26.4 Å². The van der Waals surface area contributed by atoms with Gasteiger partial charge in [0.15, 0.2) is 5.16 Å². The summed E-state index contributed by atoms with van der Waals surface area (Å²) in [5.74, 6) is -0.173. The monoisotopic (exact) mass is 300 g/mol. The summed E-state index contributed by atoms with van der Waals surface area (Å²) in [4.78, 5) is 33.1. The molecule has 1 aliphatic rings. The maximum Gasteiger partial charge on any atom is 0.280 e. The molecule has 3 rings (SSSR count). The number of amides is 2. The van der Waals surface area contributed by atoms with Crippen molar-refractivity contribution in [3.63, 3.8) is 0 Å². The Labute approximate surface area is 125 Å². The molecule has 0 aliphatic carbocycles. The molecule has 0 atom stereocenters. The number of nitrogen functional groups attached to an aromatic ring is 1. The molecule has 2 amide bonds. The lowest BCUT2D eigenvalue weighted by Crippen LogP contribution is -2.24. The molecule has 0 saturated heterocycles. The Morgan fingerprint density at radius 3 is 2.57 bits per heavy atom. The summed E-state index contributed by atoms with van der Waals surface area (Å²) in [5, 5.41) is 0.395. The number of hydrogen-bond acceptors (Lipinski definition) is 6. The van der Waals surface area contributed by atoms with E-state index in [0.29, 0.717) is 10.9 Å². The van der Waals surface area contributed by atoms with Gasteiger partial charge in [-0.25, -0.2) is 9.97 Å². The van der Waals surface area contributed by atoms with Gasteiger partial charge in [0.2, 0.25) is 0 Å². The first kappa shape index (κ1) is 13.6. The number of imide groups is 1. The zero-order valence-corrected chi connectivity index (χ0v) is 12.1. The number of carbonyl (C=O) groups excluding carboxylic acids is 2. The summed E-state index contributed by atoms with van der Waals surface area (Å²) in [6, 6.07) is 9.83. The van der Waals surface area contributed by atoms with Gasteiger partial charge < -0.3 is 5.73 Å². The molecule has 0 saturated carbocycles. The van der Waals surface area contributed by atoms with E-state index in [9.17, 15) is 9.59 Å². The third-order valence-corrected chi connectivity index (χ3v) is 4.07. The molecule has 106 valence electrons. The largest absolute Gasteiger partial charge is 0.383 e. The van der Waals surface area contributed by atoms with Gasteiger partial charge in [-0.05, 0) is 5.56 Å². The third-order valence-electron chi connectivity index (χ3n) is 3.15. The number of fused-ring (bicyclic) bond motifs is 1. The summed E-state index contributed by atoms with van der Waals surface area (Å²) >= 11 is 1.37. The van der Waals surface area contributed by atoms with E-state index in [1.165, 1.54) is 18.8 Å². The molecule has 1 aromatic heterocycles. The number of carbonyl (C=O) groups is 2. The fraction of sp³-hybridized carbons (Fsp3) is 0.143. The second kappa shape index (κ2) is 5.17. The second-order valence-corrected chi connectivity index (χ2v) is 5.50. The van der Waals surface area contributed by atoms with E-state index in [4.69, 9.17) is 5.73 Å². The molecule has 21 heavy (non-hydrogen) atoms. The van der Waals surface area contributed by atoms with Gasteiger partial charge in [-0.2, -0.15) is 0 Å². The Hall–Kier alpha value is -2.41. The Bertz CT molecular complexity index is 733. The van der Waals surface area contributed by atoms with Crippen LogP contribution in [-0.4, -0.2) is 33.7 Å². The van der Waals surface area contributed by atoms with Crippen LogP contribution in [0, 0.1) is 0 Å². The molecule has 2 heterocycles. The van der Waals surface area contributed by atoms with Crippen LogP contribution < -0.4 is 5.73 Å². The van der Waals surface area contributed by atoms with Crippen LogP contribution in [-0.2, 0) is 5.75 Å². The lowest BCUT2D eigenvalue weighted by Gasteiger charge is -2.04. The Morgan fingerprint density at radius 1 is 1.14 bits per heavy atom. The van der Waals surface area contributed by atoms with Gasteiger partial charge in [0.1, 0.15) is 17.1 Å². The molecule has 0 spiro atoms. The zero-order chi connectivity index (χ0) is 15.0. The van der Waals surface area contributed by atoms with Crippen LogP contribution in [0.25, 0.3) is 0 Å². The zero-order valence-electron chi connectivity index (χ0n) is 11.2. The highest BCUT2D eigenvalue weighted by molar-refractivity contribution is 7.98. The SMILES string of the molecule is CN1C(=O)c2nc(SCc3ccccc3)nc(N)c2C1=O. The van der Waals surface area contributed by atoms with Crippen molar-refractivity contribution in [3.05, 3.63) is 47.2 Å². The van der Waals surface area contributed by atoms with Crippen molar-refractivity contribution in [2.75, 3.05) is 12.8 Å². The lowest BCUT2D eigenvalue weighted by molar-refractivity contribution is 0.0691. The van der Waals surface area contributed by atoms with Crippen molar-refractivity contribution in [2.45, 2.75) is 10.9 Å². The maximum absolute atomic E-state index is 11.9. The van der Waals surface area contributed by atoms with Crippen LogP contribution >= 0.6 is 11.8 Å². The van der Waals surface area contributed by atoms with Crippen molar-refractivity contribution < 1.29 is 9.59 Å². The van der Waals surface area contributed by atoms with Gasteiger partial charge in [0.05, 0.1) is 0 Å². The molecule has 0 unspecified atom stereocenters. The molecule has 2 N–H and O–H groups in total. The summed E-state index contributed by atoms with van der Waals surface area (Å²) in [6.07, 6.45) is 0. The first-order valence-corrected chi connectivity index (χ1v) is 7.23. The molecule has 7 heteroatoms. The van der Waals surface area contributed by atoms with Gasteiger partial charge in [0, 0.05) is 12.8 Å². The third kappa shape index (κ3) is 2.36.